The molecule has 5 heteroatoms. The molecule has 2 N–H and O–H groups in total. The average molecular weight is 241 g/mol. The van der Waals surface area contributed by atoms with Crippen LogP contribution in [0.25, 0.3) is 0 Å². The predicted octanol–water partition coefficient (Wildman–Crippen LogP) is 1.67. The Labute approximate surface area is 99.1 Å². The zero-order valence-electron chi connectivity index (χ0n) is 9.36. The van der Waals surface area contributed by atoms with Crippen LogP contribution in [0.5, 0.6) is 11.5 Å². The van der Waals surface area contributed by atoms with E-state index in [1.807, 2.05) is 18.2 Å². The van der Waals surface area contributed by atoms with Gasteiger partial charge in [0.05, 0.1) is 14.2 Å². The first-order valence-corrected chi connectivity index (χ1v) is 5.79. The molecular formula is C11H15NO3S. The predicted molar refractivity (Wildman–Crippen MR) is 64.1 cm³/mol. The van der Waals surface area contributed by atoms with Gasteiger partial charge in [-0.1, -0.05) is 0 Å². The van der Waals surface area contributed by atoms with E-state index in [2.05, 4.69) is 0 Å². The molecule has 0 aromatic heterocycles. The van der Waals surface area contributed by atoms with E-state index < -0.39 is 0 Å². The highest BCUT2D eigenvalue weighted by molar-refractivity contribution is 7.99. The average Bonchev–Trinajstić information content (AvgIpc) is 2.28. The number of nitrogens with two attached hydrogens (primary N) is 1. The SMILES string of the molecule is COc1ccc(SCCC(N)=O)cc1OC. The van der Waals surface area contributed by atoms with Gasteiger partial charge in [-0.25, -0.2) is 0 Å². The maximum atomic E-state index is 10.6. The van der Waals surface area contributed by atoms with Crippen molar-refractivity contribution in [1.29, 1.82) is 0 Å². The van der Waals surface area contributed by atoms with Gasteiger partial charge in [-0.3, -0.25) is 4.79 Å². The highest BCUT2D eigenvalue weighted by atomic mass is 32.2. The number of amides is 1. The van der Waals surface area contributed by atoms with Gasteiger partial charge in [0.25, 0.3) is 0 Å². The summed E-state index contributed by atoms with van der Waals surface area (Å²) in [7, 11) is 3.19. The lowest BCUT2D eigenvalue weighted by Gasteiger charge is -2.08. The molecule has 1 rings (SSSR count). The van der Waals surface area contributed by atoms with Gasteiger partial charge in [-0.05, 0) is 18.2 Å². The van der Waals surface area contributed by atoms with Crippen LogP contribution in [0, 0.1) is 0 Å². The zero-order chi connectivity index (χ0) is 12.0. The molecule has 0 radical (unpaired) electrons. The van der Waals surface area contributed by atoms with Crippen molar-refractivity contribution in [2.45, 2.75) is 11.3 Å². The summed E-state index contributed by atoms with van der Waals surface area (Å²) in [5.41, 5.74) is 5.06. The summed E-state index contributed by atoms with van der Waals surface area (Å²) < 4.78 is 10.3. The van der Waals surface area contributed by atoms with Crippen molar-refractivity contribution >= 4 is 17.7 Å². The molecule has 1 amide bonds. The summed E-state index contributed by atoms with van der Waals surface area (Å²) in [6.07, 6.45) is 0.374. The molecule has 0 aliphatic carbocycles. The molecule has 0 bridgehead atoms. The molecule has 1 aromatic carbocycles. The van der Waals surface area contributed by atoms with E-state index in [9.17, 15) is 4.79 Å². The number of carbonyl (C=O) groups excluding carboxylic acids is 1. The van der Waals surface area contributed by atoms with Crippen LogP contribution in [0.3, 0.4) is 0 Å². The number of carbonyl (C=O) groups is 1. The molecule has 0 aliphatic heterocycles. The first-order chi connectivity index (χ1) is 7.67. The van der Waals surface area contributed by atoms with Crippen molar-refractivity contribution in [2.24, 2.45) is 5.73 Å². The van der Waals surface area contributed by atoms with E-state index in [1.165, 1.54) is 0 Å². The number of benzene rings is 1. The number of hydrogen-bond donors (Lipinski definition) is 1. The minimum absolute atomic E-state index is 0.284. The molecule has 88 valence electrons. The Hall–Kier alpha value is -1.36. The van der Waals surface area contributed by atoms with Crippen LogP contribution >= 0.6 is 11.8 Å². The van der Waals surface area contributed by atoms with Crippen molar-refractivity contribution in [3.05, 3.63) is 18.2 Å². The quantitative estimate of drug-likeness (QED) is 0.770. The van der Waals surface area contributed by atoms with Gasteiger partial charge in [-0.2, -0.15) is 0 Å². The van der Waals surface area contributed by atoms with Crippen LogP contribution in [-0.2, 0) is 4.79 Å². The fraction of sp³-hybridized carbons (Fsp3) is 0.364. The van der Waals surface area contributed by atoms with Crippen LogP contribution in [0.15, 0.2) is 23.1 Å². The van der Waals surface area contributed by atoms with Crippen LogP contribution in [0.2, 0.25) is 0 Å². The number of rotatable bonds is 6. The Balaban J connectivity index is 2.64. The number of primary amides is 1. The molecular weight excluding hydrogens is 226 g/mol. The van der Waals surface area contributed by atoms with Gasteiger partial charge < -0.3 is 15.2 Å². The molecule has 0 saturated carbocycles. The van der Waals surface area contributed by atoms with Gasteiger partial charge >= 0.3 is 0 Å². The fourth-order valence-corrected chi connectivity index (χ4v) is 2.07. The van der Waals surface area contributed by atoms with Crippen molar-refractivity contribution < 1.29 is 14.3 Å². The van der Waals surface area contributed by atoms with Crippen LogP contribution in [0.1, 0.15) is 6.42 Å². The standard InChI is InChI=1S/C11H15NO3S/c1-14-9-4-3-8(7-10(9)15-2)16-6-5-11(12)13/h3-4,7H,5-6H2,1-2H3,(H2,12,13). The molecule has 1 aromatic rings. The highest BCUT2D eigenvalue weighted by Gasteiger charge is 2.05. The third-order valence-electron chi connectivity index (χ3n) is 1.97. The van der Waals surface area contributed by atoms with E-state index >= 15 is 0 Å². The topological polar surface area (TPSA) is 61.5 Å². The lowest BCUT2D eigenvalue weighted by atomic mass is 10.3. The van der Waals surface area contributed by atoms with E-state index in [4.69, 9.17) is 15.2 Å². The summed E-state index contributed by atoms with van der Waals surface area (Å²) in [5.74, 6) is 1.77. The molecule has 0 fully saturated rings. The summed E-state index contributed by atoms with van der Waals surface area (Å²) in [5, 5.41) is 0. The van der Waals surface area contributed by atoms with E-state index in [-0.39, 0.29) is 5.91 Å². The van der Waals surface area contributed by atoms with E-state index in [1.54, 1.807) is 26.0 Å². The number of ether oxygens (including phenoxy) is 2. The molecule has 0 atom stereocenters. The van der Waals surface area contributed by atoms with Gasteiger partial charge in [0, 0.05) is 17.1 Å². The van der Waals surface area contributed by atoms with Gasteiger partial charge in [0.2, 0.25) is 5.91 Å². The molecule has 0 saturated heterocycles. The Kier molecular flexibility index (Phi) is 4.98. The highest BCUT2D eigenvalue weighted by Crippen LogP contribution is 2.31. The van der Waals surface area contributed by atoms with Gasteiger partial charge in [0.1, 0.15) is 0 Å². The lowest BCUT2D eigenvalue weighted by Crippen LogP contribution is -2.10. The summed E-state index contributed by atoms with van der Waals surface area (Å²) >= 11 is 1.56. The normalized spacial score (nSPS) is 9.88. The lowest BCUT2D eigenvalue weighted by molar-refractivity contribution is -0.117. The summed E-state index contributed by atoms with van der Waals surface area (Å²) in [6.45, 7) is 0. The summed E-state index contributed by atoms with van der Waals surface area (Å²) in [4.78, 5) is 11.6. The maximum Gasteiger partial charge on any atom is 0.218 e. The molecule has 4 nitrogen and oxygen atoms in total. The Morgan fingerprint density at radius 1 is 1.31 bits per heavy atom. The minimum Gasteiger partial charge on any atom is -0.493 e. The largest absolute Gasteiger partial charge is 0.493 e. The van der Waals surface area contributed by atoms with E-state index in [0.29, 0.717) is 23.7 Å². The second kappa shape index (κ2) is 6.27. The smallest absolute Gasteiger partial charge is 0.218 e. The Morgan fingerprint density at radius 3 is 2.56 bits per heavy atom. The number of thioether (sulfide) groups is 1. The minimum atomic E-state index is -0.284. The van der Waals surface area contributed by atoms with Gasteiger partial charge in [-0.15, -0.1) is 11.8 Å². The first kappa shape index (κ1) is 12.7. The molecule has 0 spiro atoms. The van der Waals surface area contributed by atoms with Crippen molar-refractivity contribution in [2.75, 3.05) is 20.0 Å². The molecule has 0 aliphatic rings. The molecule has 16 heavy (non-hydrogen) atoms. The second-order valence-corrected chi connectivity index (χ2v) is 4.25. The Bertz CT molecular complexity index is 368. The fourth-order valence-electron chi connectivity index (χ4n) is 1.18. The van der Waals surface area contributed by atoms with Crippen molar-refractivity contribution in [3.63, 3.8) is 0 Å². The second-order valence-electron chi connectivity index (χ2n) is 3.08. The third-order valence-corrected chi connectivity index (χ3v) is 2.97. The van der Waals surface area contributed by atoms with Gasteiger partial charge in [0.15, 0.2) is 11.5 Å². The molecule has 0 unspecified atom stereocenters. The van der Waals surface area contributed by atoms with E-state index in [0.717, 1.165) is 4.90 Å². The van der Waals surface area contributed by atoms with Crippen molar-refractivity contribution in [1.82, 2.24) is 0 Å². The zero-order valence-corrected chi connectivity index (χ0v) is 10.2. The maximum absolute atomic E-state index is 10.6. The number of hydrogen-bond acceptors (Lipinski definition) is 4. The van der Waals surface area contributed by atoms with Crippen molar-refractivity contribution in [3.8, 4) is 11.5 Å². The Morgan fingerprint density at radius 2 is 2.00 bits per heavy atom. The van der Waals surface area contributed by atoms with Crippen LogP contribution in [-0.4, -0.2) is 25.9 Å². The monoisotopic (exact) mass is 241 g/mol. The number of methoxy groups -OCH3 is 2. The molecule has 0 heterocycles. The first-order valence-electron chi connectivity index (χ1n) is 4.80. The van der Waals surface area contributed by atoms with Crippen LogP contribution < -0.4 is 15.2 Å². The third kappa shape index (κ3) is 3.66. The van der Waals surface area contributed by atoms with Crippen LogP contribution in [0.4, 0.5) is 0 Å². The summed E-state index contributed by atoms with van der Waals surface area (Å²) in [6, 6.07) is 5.64.